The first-order valence-corrected chi connectivity index (χ1v) is 7.54. The van der Waals surface area contributed by atoms with Crippen LogP contribution in [0.5, 0.6) is 17.2 Å². The van der Waals surface area contributed by atoms with Crippen molar-refractivity contribution in [2.45, 2.75) is 6.92 Å². The number of carbonyl (C=O) groups excluding carboxylic acids is 1. The van der Waals surface area contributed by atoms with E-state index in [-0.39, 0.29) is 5.91 Å². The molecule has 0 unspecified atom stereocenters. The molecule has 0 saturated carbocycles. The molecule has 0 saturated heterocycles. The summed E-state index contributed by atoms with van der Waals surface area (Å²) in [5.74, 6) is 1.51. The Bertz CT molecular complexity index is 907. The maximum absolute atomic E-state index is 12.6. The molecule has 0 bridgehead atoms. The van der Waals surface area contributed by atoms with Crippen LogP contribution in [0, 0.1) is 6.92 Å². The number of hydrogen-bond acceptors (Lipinski definition) is 6. The number of ether oxygens (including phenoxy) is 3. The maximum atomic E-state index is 12.6. The number of methoxy groups -OCH3 is 3. The summed E-state index contributed by atoms with van der Waals surface area (Å²) in [5.41, 5.74) is 2.33. The molecule has 1 N–H and O–H groups in total. The summed E-state index contributed by atoms with van der Waals surface area (Å²) in [5, 5.41) is 2.82. The molecule has 0 spiro atoms. The Balaban J connectivity index is 1.91. The number of aryl methyl sites for hydroxylation is 1. The summed E-state index contributed by atoms with van der Waals surface area (Å²) in [6.45, 7) is 1.77. The van der Waals surface area contributed by atoms with Crippen LogP contribution in [0.15, 0.2) is 34.7 Å². The van der Waals surface area contributed by atoms with Crippen LogP contribution in [0.3, 0.4) is 0 Å². The largest absolute Gasteiger partial charge is 0.493 e. The highest BCUT2D eigenvalue weighted by atomic mass is 16.5. The van der Waals surface area contributed by atoms with Gasteiger partial charge in [0, 0.05) is 24.2 Å². The van der Waals surface area contributed by atoms with Crippen molar-refractivity contribution in [2.24, 2.45) is 0 Å². The highest BCUT2D eigenvalue weighted by molar-refractivity contribution is 6.05. The van der Waals surface area contributed by atoms with Crippen molar-refractivity contribution in [3.8, 4) is 17.2 Å². The molecule has 0 aliphatic heterocycles. The second-order valence-electron chi connectivity index (χ2n) is 5.28. The zero-order valence-corrected chi connectivity index (χ0v) is 14.4. The lowest BCUT2D eigenvalue weighted by Gasteiger charge is -2.14. The Kier molecular flexibility index (Phi) is 4.47. The van der Waals surface area contributed by atoms with E-state index in [4.69, 9.17) is 18.6 Å². The number of fused-ring (bicyclic) bond motifs is 1. The Hall–Kier alpha value is -3.22. The van der Waals surface area contributed by atoms with Crippen LogP contribution in [0.25, 0.3) is 11.1 Å². The molecule has 3 rings (SSSR count). The normalized spacial score (nSPS) is 10.6. The van der Waals surface area contributed by atoms with Gasteiger partial charge in [-0.15, -0.1) is 0 Å². The average Bonchev–Trinajstić information content (AvgIpc) is 2.99. The predicted octanol–water partition coefficient (Wildman–Crippen LogP) is 3.41. The molecule has 7 heteroatoms. The first-order chi connectivity index (χ1) is 12.0. The summed E-state index contributed by atoms with van der Waals surface area (Å²) >= 11 is 0. The van der Waals surface area contributed by atoms with Crippen molar-refractivity contribution in [3.05, 3.63) is 41.8 Å². The van der Waals surface area contributed by atoms with Gasteiger partial charge in [0.15, 0.2) is 23.0 Å². The number of amides is 1. The maximum Gasteiger partial charge on any atom is 0.255 e. The van der Waals surface area contributed by atoms with Gasteiger partial charge in [-0.2, -0.15) is 0 Å². The number of rotatable bonds is 5. The smallest absolute Gasteiger partial charge is 0.255 e. The predicted molar refractivity (Wildman–Crippen MR) is 92.8 cm³/mol. The van der Waals surface area contributed by atoms with Crippen LogP contribution in [0.2, 0.25) is 0 Å². The van der Waals surface area contributed by atoms with Gasteiger partial charge in [0.05, 0.1) is 21.3 Å². The number of benzene rings is 2. The molecule has 7 nitrogen and oxygen atoms in total. The minimum atomic E-state index is -0.310. The molecule has 2 aromatic carbocycles. The van der Waals surface area contributed by atoms with Crippen LogP contribution in [0.1, 0.15) is 16.2 Å². The number of aromatic nitrogens is 1. The number of nitrogens with zero attached hydrogens (tertiary/aromatic N) is 1. The van der Waals surface area contributed by atoms with E-state index >= 15 is 0 Å². The fourth-order valence-corrected chi connectivity index (χ4v) is 2.53. The number of carbonyl (C=O) groups is 1. The molecule has 3 aromatic rings. The summed E-state index contributed by atoms with van der Waals surface area (Å²) in [7, 11) is 4.51. The van der Waals surface area contributed by atoms with Crippen LogP contribution in [-0.4, -0.2) is 32.2 Å². The van der Waals surface area contributed by atoms with E-state index in [1.165, 1.54) is 21.3 Å². The Morgan fingerprint density at radius 2 is 1.72 bits per heavy atom. The van der Waals surface area contributed by atoms with Crippen LogP contribution in [0.4, 0.5) is 5.69 Å². The summed E-state index contributed by atoms with van der Waals surface area (Å²) in [6, 6.07) is 8.46. The molecule has 0 aliphatic carbocycles. The third-order valence-electron chi connectivity index (χ3n) is 3.68. The molecule has 0 fully saturated rings. The molecule has 0 aliphatic rings. The van der Waals surface area contributed by atoms with Gasteiger partial charge in [0.2, 0.25) is 5.75 Å². The van der Waals surface area contributed by atoms with Crippen molar-refractivity contribution < 1.29 is 23.4 Å². The number of hydrogen-bond donors (Lipinski definition) is 1. The zero-order valence-electron chi connectivity index (χ0n) is 14.4. The van der Waals surface area contributed by atoms with Crippen LogP contribution < -0.4 is 19.5 Å². The van der Waals surface area contributed by atoms with Gasteiger partial charge in [0.25, 0.3) is 5.91 Å². The van der Waals surface area contributed by atoms with Crippen molar-refractivity contribution in [3.63, 3.8) is 0 Å². The average molecular weight is 342 g/mol. The second kappa shape index (κ2) is 6.72. The van der Waals surface area contributed by atoms with Crippen molar-refractivity contribution in [1.29, 1.82) is 0 Å². The molecule has 1 aromatic heterocycles. The first kappa shape index (κ1) is 16.6. The minimum Gasteiger partial charge on any atom is -0.493 e. The van der Waals surface area contributed by atoms with E-state index in [2.05, 4.69) is 10.3 Å². The van der Waals surface area contributed by atoms with Gasteiger partial charge >= 0.3 is 0 Å². The molecular weight excluding hydrogens is 324 g/mol. The molecular formula is C18H18N2O5. The second-order valence-corrected chi connectivity index (χ2v) is 5.28. The van der Waals surface area contributed by atoms with Gasteiger partial charge < -0.3 is 23.9 Å². The van der Waals surface area contributed by atoms with Crippen molar-refractivity contribution >= 4 is 22.7 Å². The van der Waals surface area contributed by atoms with Gasteiger partial charge in [-0.1, -0.05) is 0 Å². The highest BCUT2D eigenvalue weighted by Crippen LogP contribution is 2.38. The van der Waals surface area contributed by atoms with E-state index in [1.807, 2.05) is 0 Å². The molecule has 1 amide bonds. The van der Waals surface area contributed by atoms with Gasteiger partial charge in [-0.25, -0.2) is 4.98 Å². The number of oxazole rings is 1. The highest BCUT2D eigenvalue weighted by Gasteiger charge is 2.17. The van der Waals surface area contributed by atoms with E-state index in [0.29, 0.717) is 40.0 Å². The number of nitrogens with one attached hydrogen (secondary N) is 1. The number of anilines is 1. The molecule has 130 valence electrons. The van der Waals surface area contributed by atoms with Gasteiger partial charge in [-0.05, 0) is 24.3 Å². The van der Waals surface area contributed by atoms with Crippen molar-refractivity contribution in [1.82, 2.24) is 4.98 Å². The molecule has 25 heavy (non-hydrogen) atoms. The summed E-state index contributed by atoms with van der Waals surface area (Å²) in [4.78, 5) is 16.8. The van der Waals surface area contributed by atoms with Gasteiger partial charge in [-0.3, -0.25) is 4.79 Å². The Morgan fingerprint density at radius 3 is 2.32 bits per heavy atom. The Morgan fingerprint density at radius 1 is 1.04 bits per heavy atom. The van der Waals surface area contributed by atoms with E-state index in [0.717, 1.165) is 5.52 Å². The van der Waals surface area contributed by atoms with E-state index in [9.17, 15) is 4.79 Å². The van der Waals surface area contributed by atoms with Crippen LogP contribution in [-0.2, 0) is 0 Å². The lowest BCUT2D eigenvalue weighted by atomic mass is 10.1. The Labute approximate surface area is 144 Å². The third kappa shape index (κ3) is 3.21. The fourth-order valence-electron chi connectivity index (χ4n) is 2.53. The quantitative estimate of drug-likeness (QED) is 0.765. The topological polar surface area (TPSA) is 82.8 Å². The van der Waals surface area contributed by atoms with E-state index in [1.54, 1.807) is 37.3 Å². The summed E-state index contributed by atoms with van der Waals surface area (Å²) < 4.78 is 21.3. The standard InChI is InChI=1S/C18H18N2O5/c1-10-19-13-6-5-12(9-14(13)25-10)20-18(21)11-7-15(22-2)17(24-4)16(8-11)23-3/h5-9H,1-4H3,(H,20,21). The van der Waals surface area contributed by atoms with Crippen molar-refractivity contribution in [2.75, 3.05) is 26.6 Å². The third-order valence-corrected chi connectivity index (χ3v) is 3.68. The monoisotopic (exact) mass is 342 g/mol. The summed E-state index contributed by atoms with van der Waals surface area (Å²) in [6.07, 6.45) is 0. The van der Waals surface area contributed by atoms with Crippen LogP contribution >= 0.6 is 0 Å². The minimum absolute atomic E-state index is 0.310. The lowest BCUT2D eigenvalue weighted by Crippen LogP contribution is -2.12. The SMILES string of the molecule is COc1cc(C(=O)Nc2ccc3nc(C)oc3c2)cc(OC)c1OC. The van der Waals surface area contributed by atoms with Gasteiger partial charge in [0.1, 0.15) is 5.52 Å². The molecule has 1 heterocycles. The molecule has 0 atom stereocenters. The lowest BCUT2D eigenvalue weighted by molar-refractivity contribution is 0.102. The fraction of sp³-hybridized carbons (Fsp3) is 0.222. The first-order valence-electron chi connectivity index (χ1n) is 7.54. The zero-order chi connectivity index (χ0) is 18.0. The molecule has 0 radical (unpaired) electrons. The van der Waals surface area contributed by atoms with E-state index < -0.39 is 0 Å².